The van der Waals surface area contributed by atoms with Gasteiger partial charge in [0.1, 0.15) is 12.0 Å². The van der Waals surface area contributed by atoms with Crippen LogP contribution in [0.5, 0.6) is 0 Å². The van der Waals surface area contributed by atoms with Gasteiger partial charge in [-0.3, -0.25) is 14.9 Å². The lowest BCUT2D eigenvalue weighted by Gasteiger charge is -2.11. The largest absolute Gasteiger partial charge is 0.481 e. The first-order valence-corrected chi connectivity index (χ1v) is 5.53. The Morgan fingerprint density at radius 2 is 2.33 bits per heavy atom. The first-order valence-electron chi connectivity index (χ1n) is 5.53. The zero-order valence-corrected chi connectivity index (χ0v) is 10.2. The van der Waals surface area contributed by atoms with Crippen molar-refractivity contribution in [3.05, 3.63) is 27.9 Å². The van der Waals surface area contributed by atoms with Gasteiger partial charge in [-0.1, -0.05) is 6.92 Å². The minimum atomic E-state index is -0.872. The van der Waals surface area contributed by atoms with Crippen LogP contribution in [0.1, 0.15) is 18.9 Å². The predicted octanol–water partition coefficient (Wildman–Crippen LogP) is 1.82. The van der Waals surface area contributed by atoms with E-state index in [9.17, 15) is 14.9 Å². The number of carboxylic acids is 1. The van der Waals surface area contributed by atoms with Crippen molar-refractivity contribution >= 4 is 17.5 Å². The Labute approximate surface area is 104 Å². The number of hydrogen-bond donors (Lipinski definition) is 2. The van der Waals surface area contributed by atoms with Crippen molar-refractivity contribution in [2.45, 2.75) is 20.3 Å². The first kappa shape index (κ1) is 13.9. The normalized spacial score (nSPS) is 11.9. The average Bonchev–Trinajstić information content (AvgIpc) is 2.28. The number of hydrogen-bond acceptors (Lipinski definition) is 5. The molecule has 0 spiro atoms. The van der Waals surface area contributed by atoms with Crippen molar-refractivity contribution in [1.29, 1.82) is 0 Å². The van der Waals surface area contributed by atoms with Gasteiger partial charge in [-0.25, -0.2) is 4.98 Å². The maximum atomic E-state index is 10.8. The van der Waals surface area contributed by atoms with E-state index in [1.807, 2.05) is 0 Å². The molecule has 0 saturated heterocycles. The molecule has 0 saturated carbocycles. The molecule has 1 aromatic heterocycles. The molecule has 1 unspecified atom stereocenters. The molecular formula is C11H15N3O4. The minimum Gasteiger partial charge on any atom is -0.481 e. The molecule has 7 heteroatoms. The Bertz CT molecular complexity index is 462. The summed E-state index contributed by atoms with van der Waals surface area (Å²) in [5, 5.41) is 22.3. The SMILES string of the molecule is CCC(CNc1cc(C)c([N+](=O)[O-])cn1)C(=O)O. The van der Waals surface area contributed by atoms with Crippen molar-refractivity contribution in [1.82, 2.24) is 4.98 Å². The highest BCUT2D eigenvalue weighted by Crippen LogP contribution is 2.19. The number of carboxylic acid groups (broad SMARTS) is 1. The van der Waals surface area contributed by atoms with Crippen LogP contribution in [0.2, 0.25) is 0 Å². The van der Waals surface area contributed by atoms with E-state index >= 15 is 0 Å². The Balaban J connectivity index is 2.72. The molecule has 0 aliphatic carbocycles. The summed E-state index contributed by atoms with van der Waals surface area (Å²) in [5.74, 6) is -0.927. The fourth-order valence-electron chi connectivity index (χ4n) is 1.47. The van der Waals surface area contributed by atoms with Crippen LogP contribution in [0.4, 0.5) is 11.5 Å². The molecule has 1 aromatic rings. The van der Waals surface area contributed by atoms with E-state index in [1.165, 1.54) is 12.3 Å². The van der Waals surface area contributed by atoms with Crippen molar-refractivity contribution in [2.75, 3.05) is 11.9 Å². The molecule has 1 rings (SSSR count). The van der Waals surface area contributed by atoms with Crippen LogP contribution in [-0.4, -0.2) is 27.5 Å². The lowest BCUT2D eigenvalue weighted by Crippen LogP contribution is -2.22. The van der Waals surface area contributed by atoms with Gasteiger partial charge in [0.2, 0.25) is 0 Å². The van der Waals surface area contributed by atoms with E-state index < -0.39 is 16.8 Å². The van der Waals surface area contributed by atoms with Gasteiger partial charge in [0.05, 0.1) is 10.8 Å². The number of rotatable bonds is 6. The molecule has 1 atom stereocenters. The average molecular weight is 253 g/mol. The summed E-state index contributed by atoms with van der Waals surface area (Å²) in [5.41, 5.74) is 0.437. The molecule has 18 heavy (non-hydrogen) atoms. The molecule has 1 heterocycles. The number of nitrogens with one attached hydrogen (secondary N) is 1. The molecule has 0 aliphatic rings. The molecule has 98 valence electrons. The van der Waals surface area contributed by atoms with Crippen molar-refractivity contribution in [3.63, 3.8) is 0 Å². The highest BCUT2D eigenvalue weighted by atomic mass is 16.6. The second kappa shape index (κ2) is 5.95. The second-order valence-corrected chi connectivity index (χ2v) is 3.94. The van der Waals surface area contributed by atoms with E-state index in [2.05, 4.69) is 10.3 Å². The highest BCUT2D eigenvalue weighted by Gasteiger charge is 2.16. The second-order valence-electron chi connectivity index (χ2n) is 3.94. The smallest absolute Gasteiger partial charge is 0.308 e. The van der Waals surface area contributed by atoms with Crippen LogP contribution in [0, 0.1) is 23.0 Å². The van der Waals surface area contributed by atoms with Crippen LogP contribution in [0.3, 0.4) is 0 Å². The van der Waals surface area contributed by atoms with Crippen molar-refractivity contribution in [3.8, 4) is 0 Å². The van der Waals surface area contributed by atoms with E-state index in [1.54, 1.807) is 13.8 Å². The van der Waals surface area contributed by atoms with Gasteiger partial charge in [0, 0.05) is 12.1 Å². The van der Waals surface area contributed by atoms with Gasteiger partial charge in [0.25, 0.3) is 5.69 Å². The molecule has 0 fully saturated rings. The first-order chi connectivity index (χ1) is 8.45. The lowest BCUT2D eigenvalue weighted by atomic mass is 10.1. The summed E-state index contributed by atoms with van der Waals surface area (Å²) in [6, 6.07) is 1.53. The maximum Gasteiger partial charge on any atom is 0.308 e. The van der Waals surface area contributed by atoms with Crippen LogP contribution in [-0.2, 0) is 4.79 Å². The molecular weight excluding hydrogens is 238 g/mol. The third kappa shape index (κ3) is 3.41. The zero-order chi connectivity index (χ0) is 13.7. The summed E-state index contributed by atoms with van der Waals surface area (Å²) in [6.07, 6.45) is 1.67. The lowest BCUT2D eigenvalue weighted by molar-refractivity contribution is -0.385. The number of aryl methyl sites for hydroxylation is 1. The number of aliphatic carboxylic acids is 1. The Morgan fingerprint density at radius 3 is 2.78 bits per heavy atom. The fraction of sp³-hybridized carbons (Fsp3) is 0.455. The van der Waals surface area contributed by atoms with Crippen molar-refractivity contribution < 1.29 is 14.8 Å². The van der Waals surface area contributed by atoms with Crippen LogP contribution < -0.4 is 5.32 Å². The maximum absolute atomic E-state index is 10.8. The minimum absolute atomic E-state index is 0.0502. The number of anilines is 1. The third-order valence-electron chi connectivity index (χ3n) is 2.65. The quantitative estimate of drug-likeness (QED) is 0.591. The van der Waals surface area contributed by atoms with Crippen molar-refractivity contribution in [2.24, 2.45) is 5.92 Å². The molecule has 0 aliphatic heterocycles. The number of aromatic nitrogens is 1. The number of pyridine rings is 1. The van der Waals surface area contributed by atoms with Crippen LogP contribution in [0.15, 0.2) is 12.3 Å². The monoisotopic (exact) mass is 253 g/mol. The molecule has 2 N–H and O–H groups in total. The molecule has 0 bridgehead atoms. The summed E-state index contributed by atoms with van der Waals surface area (Å²) in [4.78, 5) is 24.8. The van der Waals surface area contributed by atoms with Gasteiger partial charge in [-0.2, -0.15) is 0 Å². The molecule has 0 radical (unpaired) electrons. The Kier molecular flexibility index (Phi) is 4.59. The van der Waals surface area contributed by atoms with Gasteiger partial charge in [-0.05, 0) is 19.4 Å². The van der Waals surface area contributed by atoms with E-state index in [0.29, 0.717) is 17.8 Å². The highest BCUT2D eigenvalue weighted by molar-refractivity contribution is 5.70. The van der Waals surface area contributed by atoms with Gasteiger partial charge in [0.15, 0.2) is 0 Å². The van der Waals surface area contributed by atoms with Gasteiger partial charge in [-0.15, -0.1) is 0 Å². The summed E-state index contributed by atoms with van der Waals surface area (Å²) < 4.78 is 0. The van der Waals surface area contributed by atoms with Gasteiger partial charge >= 0.3 is 5.97 Å². The zero-order valence-electron chi connectivity index (χ0n) is 10.2. The number of carbonyl (C=O) groups is 1. The van der Waals surface area contributed by atoms with Crippen LogP contribution >= 0.6 is 0 Å². The Morgan fingerprint density at radius 1 is 1.67 bits per heavy atom. The van der Waals surface area contributed by atoms with Gasteiger partial charge < -0.3 is 10.4 Å². The topological polar surface area (TPSA) is 105 Å². The van der Waals surface area contributed by atoms with E-state index in [0.717, 1.165) is 0 Å². The fourth-order valence-corrected chi connectivity index (χ4v) is 1.47. The molecule has 7 nitrogen and oxygen atoms in total. The van der Waals surface area contributed by atoms with Crippen LogP contribution in [0.25, 0.3) is 0 Å². The Hall–Kier alpha value is -2.18. The third-order valence-corrected chi connectivity index (χ3v) is 2.65. The predicted molar refractivity (Wildman–Crippen MR) is 65.5 cm³/mol. The summed E-state index contributed by atoms with van der Waals surface area (Å²) in [6.45, 7) is 3.64. The summed E-state index contributed by atoms with van der Waals surface area (Å²) >= 11 is 0. The molecule has 0 aromatic carbocycles. The van der Waals surface area contributed by atoms with E-state index in [-0.39, 0.29) is 12.2 Å². The van der Waals surface area contributed by atoms with E-state index in [4.69, 9.17) is 5.11 Å². The number of nitro groups is 1. The number of nitrogens with zero attached hydrogens (tertiary/aromatic N) is 2. The standard InChI is InChI=1S/C11H15N3O4/c1-3-8(11(15)16)5-12-10-4-7(2)9(6-13-10)14(17)18/h4,6,8H,3,5H2,1-2H3,(H,12,13)(H,15,16). The summed E-state index contributed by atoms with van der Waals surface area (Å²) in [7, 11) is 0. The molecule has 0 amide bonds.